The summed E-state index contributed by atoms with van der Waals surface area (Å²) >= 11 is 1.45. The number of urea groups is 1. The van der Waals surface area contributed by atoms with Crippen molar-refractivity contribution < 1.29 is 4.79 Å². The topological polar surface area (TPSA) is 61.4 Å². The van der Waals surface area contributed by atoms with E-state index in [0.29, 0.717) is 6.54 Å². The smallest absolute Gasteiger partial charge is 0.321 e. The second-order valence-electron chi connectivity index (χ2n) is 7.78. The fourth-order valence-corrected chi connectivity index (χ4v) is 4.31. The van der Waals surface area contributed by atoms with Crippen LogP contribution in [0.1, 0.15) is 28.9 Å². The zero-order valence-electron chi connectivity index (χ0n) is 17.5. The normalized spacial score (nSPS) is 14.5. The third-order valence-electron chi connectivity index (χ3n) is 5.26. The van der Waals surface area contributed by atoms with Crippen LogP contribution >= 0.6 is 11.5 Å². The molecule has 156 valence electrons. The molecule has 2 aromatic carbocycles. The number of carbonyl (C=O) groups excluding carboxylic acids is 1. The van der Waals surface area contributed by atoms with E-state index in [1.165, 1.54) is 22.7 Å². The minimum absolute atomic E-state index is 0.0419. The highest BCUT2D eigenvalue weighted by Crippen LogP contribution is 2.21. The van der Waals surface area contributed by atoms with Gasteiger partial charge in [0.1, 0.15) is 5.82 Å². The number of rotatable bonds is 4. The average molecular weight is 422 g/mol. The molecule has 1 saturated heterocycles. The predicted octanol–water partition coefficient (Wildman–Crippen LogP) is 4.49. The van der Waals surface area contributed by atoms with Crippen molar-refractivity contribution in [2.45, 2.75) is 26.7 Å². The minimum atomic E-state index is -0.0419. The van der Waals surface area contributed by atoms with E-state index in [-0.39, 0.29) is 6.03 Å². The number of carbonyl (C=O) groups is 1. The van der Waals surface area contributed by atoms with Gasteiger partial charge in [-0.3, -0.25) is 0 Å². The van der Waals surface area contributed by atoms with Crippen molar-refractivity contribution in [3.05, 3.63) is 71.0 Å². The molecule has 6 nitrogen and oxygen atoms in total. The van der Waals surface area contributed by atoms with Gasteiger partial charge in [0, 0.05) is 49.8 Å². The molecule has 0 unspecified atom stereocenters. The largest absolute Gasteiger partial charge is 0.345 e. The molecule has 0 spiro atoms. The fourth-order valence-electron chi connectivity index (χ4n) is 3.57. The number of hydrogen-bond acceptors (Lipinski definition) is 5. The maximum absolute atomic E-state index is 12.7. The summed E-state index contributed by atoms with van der Waals surface area (Å²) < 4.78 is 4.55. The number of amides is 2. The molecule has 1 N–H and O–H groups in total. The molecule has 0 atom stereocenters. The number of nitrogens with zero attached hydrogens (tertiary/aromatic N) is 4. The molecular formula is C23H27N5OS. The molecule has 2 heterocycles. The van der Waals surface area contributed by atoms with Gasteiger partial charge in [-0.1, -0.05) is 42.0 Å². The second kappa shape index (κ2) is 9.26. The van der Waals surface area contributed by atoms with Crippen molar-refractivity contribution in [1.82, 2.24) is 14.3 Å². The van der Waals surface area contributed by atoms with E-state index in [2.05, 4.69) is 45.8 Å². The maximum atomic E-state index is 12.7. The first-order chi connectivity index (χ1) is 14.6. The van der Waals surface area contributed by atoms with E-state index in [4.69, 9.17) is 4.98 Å². The number of benzene rings is 2. The molecule has 0 radical (unpaired) electrons. The highest BCUT2D eigenvalue weighted by molar-refractivity contribution is 7.09. The Balaban J connectivity index is 1.34. The summed E-state index contributed by atoms with van der Waals surface area (Å²) in [5.74, 6) is 0.858. The maximum Gasteiger partial charge on any atom is 0.321 e. The molecule has 0 saturated carbocycles. The van der Waals surface area contributed by atoms with E-state index in [0.717, 1.165) is 54.7 Å². The zero-order valence-corrected chi connectivity index (χ0v) is 18.3. The van der Waals surface area contributed by atoms with Gasteiger partial charge in [-0.25, -0.2) is 9.78 Å². The third-order valence-corrected chi connectivity index (χ3v) is 6.08. The molecule has 1 fully saturated rings. The molecule has 7 heteroatoms. The highest BCUT2D eigenvalue weighted by atomic mass is 32.1. The molecule has 3 aromatic rings. The molecular weight excluding hydrogens is 394 g/mol. The lowest BCUT2D eigenvalue weighted by Crippen LogP contribution is -2.38. The Hall–Kier alpha value is -2.93. The van der Waals surface area contributed by atoms with Gasteiger partial charge in [0.2, 0.25) is 5.13 Å². The molecule has 30 heavy (non-hydrogen) atoms. The predicted molar refractivity (Wildman–Crippen MR) is 122 cm³/mol. The molecule has 2 amide bonds. The second-order valence-corrected chi connectivity index (χ2v) is 8.51. The summed E-state index contributed by atoms with van der Waals surface area (Å²) in [4.78, 5) is 21.6. The lowest BCUT2D eigenvalue weighted by Gasteiger charge is -2.22. The van der Waals surface area contributed by atoms with Crippen LogP contribution in [0.15, 0.2) is 48.5 Å². The molecule has 4 rings (SSSR count). The number of anilines is 2. The number of aromatic nitrogens is 2. The highest BCUT2D eigenvalue weighted by Gasteiger charge is 2.21. The first-order valence-corrected chi connectivity index (χ1v) is 11.1. The average Bonchev–Trinajstić information content (AvgIpc) is 3.04. The van der Waals surface area contributed by atoms with E-state index in [1.54, 1.807) is 0 Å². The molecule has 1 aliphatic heterocycles. The quantitative estimate of drug-likeness (QED) is 0.674. The summed E-state index contributed by atoms with van der Waals surface area (Å²) in [6.45, 7) is 7.17. The van der Waals surface area contributed by atoms with Crippen molar-refractivity contribution in [2.24, 2.45) is 0 Å². The van der Waals surface area contributed by atoms with Crippen molar-refractivity contribution >= 4 is 28.4 Å². The summed E-state index contributed by atoms with van der Waals surface area (Å²) in [6.07, 6.45) is 1.66. The van der Waals surface area contributed by atoms with Crippen LogP contribution in [-0.4, -0.2) is 46.5 Å². The molecule has 1 aromatic heterocycles. The van der Waals surface area contributed by atoms with E-state index >= 15 is 0 Å². The summed E-state index contributed by atoms with van der Waals surface area (Å²) in [5.41, 5.74) is 4.45. The third kappa shape index (κ3) is 5.16. The van der Waals surface area contributed by atoms with Crippen LogP contribution in [0.3, 0.4) is 0 Å². The number of aryl methyl sites for hydroxylation is 2. The van der Waals surface area contributed by atoms with Gasteiger partial charge >= 0.3 is 6.03 Å². The van der Waals surface area contributed by atoms with Crippen LogP contribution in [0.4, 0.5) is 15.6 Å². The van der Waals surface area contributed by atoms with E-state index < -0.39 is 0 Å². The Morgan fingerprint density at radius 3 is 2.67 bits per heavy atom. The van der Waals surface area contributed by atoms with Crippen molar-refractivity contribution in [1.29, 1.82) is 0 Å². The van der Waals surface area contributed by atoms with Gasteiger partial charge in [-0.15, -0.1) is 0 Å². The summed E-state index contributed by atoms with van der Waals surface area (Å²) in [7, 11) is 0. The Kier molecular flexibility index (Phi) is 6.28. The van der Waals surface area contributed by atoms with Crippen LogP contribution in [0, 0.1) is 13.8 Å². The van der Waals surface area contributed by atoms with Crippen LogP contribution in [0.5, 0.6) is 0 Å². The fraction of sp³-hybridized carbons (Fsp3) is 0.348. The lowest BCUT2D eigenvalue weighted by molar-refractivity contribution is 0.215. The monoisotopic (exact) mass is 421 g/mol. The van der Waals surface area contributed by atoms with Crippen molar-refractivity contribution in [3.8, 4) is 0 Å². The lowest BCUT2D eigenvalue weighted by atomic mass is 10.1. The van der Waals surface area contributed by atoms with Crippen molar-refractivity contribution in [3.63, 3.8) is 0 Å². The van der Waals surface area contributed by atoms with Crippen molar-refractivity contribution in [2.75, 3.05) is 36.4 Å². The standard InChI is InChI=1S/C23H27N5OS/c1-17-7-9-19(10-8-17)16-21-25-23(30-26-21)28-12-4-11-27(13-14-28)22(29)24-20-6-3-5-18(2)15-20/h3,5-10,15H,4,11-14,16H2,1-2H3,(H,24,29). The van der Waals surface area contributed by atoms with E-state index in [9.17, 15) is 4.79 Å². The van der Waals surface area contributed by atoms with Gasteiger partial charge in [-0.2, -0.15) is 4.37 Å². The number of nitrogens with one attached hydrogen (secondary N) is 1. The van der Waals surface area contributed by atoms with Gasteiger partial charge in [0.15, 0.2) is 0 Å². The first kappa shape index (κ1) is 20.3. The van der Waals surface area contributed by atoms with E-state index in [1.807, 2.05) is 36.1 Å². The Bertz CT molecular complexity index is 1000. The van der Waals surface area contributed by atoms with Crippen LogP contribution < -0.4 is 10.2 Å². The SMILES string of the molecule is Cc1ccc(Cc2nsc(N3CCCN(C(=O)Nc4cccc(C)c4)CC3)n2)cc1. The van der Waals surface area contributed by atoms with Gasteiger partial charge in [-0.05, 0) is 43.5 Å². The summed E-state index contributed by atoms with van der Waals surface area (Å²) in [5, 5.41) is 3.96. The number of hydrogen-bond donors (Lipinski definition) is 1. The minimum Gasteiger partial charge on any atom is -0.345 e. The summed E-state index contributed by atoms with van der Waals surface area (Å²) in [6, 6.07) is 16.3. The Morgan fingerprint density at radius 2 is 1.87 bits per heavy atom. The molecule has 0 aliphatic carbocycles. The van der Waals surface area contributed by atoms with Crippen LogP contribution in [0.2, 0.25) is 0 Å². The Morgan fingerprint density at radius 1 is 1.03 bits per heavy atom. The molecule has 0 bridgehead atoms. The van der Waals surface area contributed by atoms with Gasteiger partial charge in [0.05, 0.1) is 0 Å². The molecule has 1 aliphatic rings. The van der Waals surface area contributed by atoms with Crippen LogP contribution in [-0.2, 0) is 6.42 Å². The van der Waals surface area contributed by atoms with Gasteiger partial charge < -0.3 is 15.1 Å². The van der Waals surface area contributed by atoms with Gasteiger partial charge in [0.25, 0.3) is 0 Å². The van der Waals surface area contributed by atoms with Crippen LogP contribution in [0.25, 0.3) is 0 Å². The Labute approximate surface area is 181 Å². The first-order valence-electron chi connectivity index (χ1n) is 10.3. The zero-order chi connectivity index (χ0) is 20.9.